The van der Waals surface area contributed by atoms with Crippen molar-refractivity contribution in [3.8, 4) is 0 Å². The first-order chi connectivity index (χ1) is 10.2. The van der Waals surface area contributed by atoms with Crippen LogP contribution in [0.3, 0.4) is 0 Å². The Morgan fingerprint density at radius 3 is 2.90 bits per heavy atom. The van der Waals surface area contributed by atoms with Crippen molar-refractivity contribution in [2.75, 3.05) is 19.6 Å². The van der Waals surface area contributed by atoms with Gasteiger partial charge in [0.15, 0.2) is 5.69 Å². The Morgan fingerprint density at radius 1 is 1.38 bits per heavy atom. The second kappa shape index (κ2) is 4.84. The van der Waals surface area contributed by atoms with Crippen molar-refractivity contribution in [3.63, 3.8) is 0 Å². The Morgan fingerprint density at radius 2 is 2.19 bits per heavy atom. The number of nitrogens with one attached hydrogen (secondary N) is 2. The highest BCUT2D eigenvalue weighted by atomic mass is 16.2. The van der Waals surface area contributed by atoms with E-state index in [2.05, 4.69) is 20.4 Å². The van der Waals surface area contributed by atoms with Gasteiger partial charge < -0.3 is 10.2 Å². The molecule has 2 aromatic rings. The predicted octanol–water partition coefficient (Wildman–Crippen LogP) is 1.70. The van der Waals surface area contributed by atoms with Gasteiger partial charge in [-0.05, 0) is 50.9 Å². The molecule has 1 atom stereocenters. The van der Waals surface area contributed by atoms with E-state index < -0.39 is 0 Å². The summed E-state index contributed by atoms with van der Waals surface area (Å²) in [5, 5.41) is 11.3. The average Bonchev–Trinajstić information content (AvgIpc) is 2.91. The summed E-state index contributed by atoms with van der Waals surface area (Å²) in [6.07, 6.45) is 2.40. The Labute approximate surface area is 123 Å². The molecule has 21 heavy (non-hydrogen) atoms. The summed E-state index contributed by atoms with van der Waals surface area (Å²) in [4.78, 5) is 15.0. The summed E-state index contributed by atoms with van der Waals surface area (Å²) in [6.45, 7) is 5.38. The number of hydrogen-bond acceptors (Lipinski definition) is 3. The first-order valence-electron chi connectivity index (χ1n) is 7.68. The number of amides is 1. The zero-order chi connectivity index (χ0) is 14.4. The van der Waals surface area contributed by atoms with Gasteiger partial charge in [0.2, 0.25) is 0 Å². The molecular weight excluding hydrogens is 264 g/mol. The minimum atomic E-state index is -0.0504. The van der Waals surface area contributed by atoms with Crippen molar-refractivity contribution >= 4 is 16.8 Å². The Kier molecular flexibility index (Phi) is 2.96. The first kappa shape index (κ1) is 12.8. The van der Waals surface area contributed by atoms with E-state index in [1.807, 2.05) is 25.1 Å². The van der Waals surface area contributed by atoms with E-state index >= 15 is 0 Å². The van der Waals surface area contributed by atoms with Crippen molar-refractivity contribution in [2.45, 2.75) is 25.8 Å². The van der Waals surface area contributed by atoms with Crippen LogP contribution in [0.2, 0.25) is 0 Å². The number of hydrogen-bond donors (Lipinski definition) is 2. The fourth-order valence-corrected chi connectivity index (χ4v) is 3.67. The number of aromatic nitrogens is 2. The van der Waals surface area contributed by atoms with Crippen LogP contribution in [-0.2, 0) is 0 Å². The summed E-state index contributed by atoms with van der Waals surface area (Å²) in [7, 11) is 0. The van der Waals surface area contributed by atoms with Gasteiger partial charge in [-0.3, -0.25) is 9.89 Å². The zero-order valence-corrected chi connectivity index (χ0v) is 12.2. The predicted molar refractivity (Wildman–Crippen MR) is 81.2 cm³/mol. The van der Waals surface area contributed by atoms with Crippen LogP contribution in [-0.4, -0.2) is 46.7 Å². The number of rotatable bonds is 2. The normalized spacial score (nSPS) is 28.0. The van der Waals surface area contributed by atoms with E-state index in [0.717, 1.165) is 23.0 Å². The molecule has 3 fully saturated rings. The molecule has 1 amide bonds. The molecule has 5 nitrogen and oxygen atoms in total. The van der Waals surface area contributed by atoms with Crippen LogP contribution in [0.4, 0.5) is 0 Å². The maximum Gasteiger partial charge on any atom is 0.272 e. The Bertz CT molecular complexity index is 685. The van der Waals surface area contributed by atoms with Gasteiger partial charge >= 0.3 is 0 Å². The molecule has 0 spiro atoms. The molecule has 0 radical (unpaired) electrons. The molecule has 3 aliphatic heterocycles. The Hall–Kier alpha value is -1.88. The zero-order valence-electron chi connectivity index (χ0n) is 12.2. The average molecular weight is 284 g/mol. The lowest BCUT2D eigenvalue weighted by molar-refractivity contribution is 0.0618. The number of nitrogens with zero attached hydrogens (tertiary/aromatic N) is 2. The third-order valence-corrected chi connectivity index (χ3v) is 4.91. The van der Waals surface area contributed by atoms with Crippen LogP contribution >= 0.6 is 0 Å². The maximum absolute atomic E-state index is 12.6. The van der Waals surface area contributed by atoms with Crippen molar-refractivity contribution in [2.24, 2.45) is 5.92 Å². The van der Waals surface area contributed by atoms with E-state index in [4.69, 9.17) is 0 Å². The lowest BCUT2D eigenvalue weighted by Crippen LogP contribution is -2.57. The molecule has 1 aromatic carbocycles. The molecule has 2 bridgehead atoms. The van der Waals surface area contributed by atoms with Crippen LogP contribution in [0.25, 0.3) is 10.9 Å². The molecule has 0 saturated carbocycles. The summed E-state index contributed by atoms with van der Waals surface area (Å²) in [5.74, 6) is 0.580. The monoisotopic (exact) mass is 284 g/mol. The molecule has 2 N–H and O–H groups in total. The second-order valence-corrected chi connectivity index (χ2v) is 6.34. The topological polar surface area (TPSA) is 61.0 Å². The maximum atomic E-state index is 12.6. The van der Waals surface area contributed by atoms with Crippen molar-refractivity contribution < 1.29 is 4.79 Å². The SMILES string of the molecule is Cc1ccc2[nH]nc(C(=O)N[C@@H]3CN4CCC3CC4)c2c1. The molecule has 5 rings (SSSR count). The summed E-state index contributed by atoms with van der Waals surface area (Å²) < 4.78 is 0. The molecule has 4 heterocycles. The van der Waals surface area contributed by atoms with Gasteiger partial charge in [0.1, 0.15) is 0 Å². The van der Waals surface area contributed by atoms with Crippen LogP contribution in [0.1, 0.15) is 28.9 Å². The highest BCUT2D eigenvalue weighted by Crippen LogP contribution is 2.28. The van der Waals surface area contributed by atoms with Gasteiger partial charge in [-0.2, -0.15) is 5.10 Å². The van der Waals surface area contributed by atoms with Crippen molar-refractivity contribution in [3.05, 3.63) is 29.5 Å². The van der Waals surface area contributed by atoms with Crippen LogP contribution in [0.15, 0.2) is 18.2 Å². The molecule has 3 saturated heterocycles. The molecule has 1 aromatic heterocycles. The van der Waals surface area contributed by atoms with Gasteiger partial charge in [-0.15, -0.1) is 0 Å². The largest absolute Gasteiger partial charge is 0.346 e. The minimum absolute atomic E-state index is 0.0504. The van der Waals surface area contributed by atoms with Crippen LogP contribution in [0.5, 0.6) is 0 Å². The van der Waals surface area contributed by atoms with Crippen molar-refractivity contribution in [1.29, 1.82) is 0 Å². The fraction of sp³-hybridized carbons (Fsp3) is 0.500. The molecular formula is C16H20N4O. The highest BCUT2D eigenvalue weighted by Gasteiger charge is 2.35. The number of carbonyl (C=O) groups is 1. The van der Waals surface area contributed by atoms with E-state index in [-0.39, 0.29) is 11.9 Å². The van der Waals surface area contributed by atoms with E-state index in [1.165, 1.54) is 25.9 Å². The smallest absolute Gasteiger partial charge is 0.272 e. The highest BCUT2D eigenvalue weighted by molar-refractivity contribution is 6.04. The van der Waals surface area contributed by atoms with Gasteiger partial charge in [-0.25, -0.2) is 0 Å². The number of H-pyrrole nitrogens is 1. The summed E-state index contributed by atoms with van der Waals surface area (Å²) in [5.41, 5.74) is 2.57. The van der Waals surface area contributed by atoms with Crippen LogP contribution in [0, 0.1) is 12.8 Å². The minimum Gasteiger partial charge on any atom is -0.346 e. The number of aromatic amines is 1. The van der Waals surface area contributed by atoms with Crippen molar-refractivity contribution in [1.82, 2.24) is 20.4 Å². The summed E-state index contributed by atoms with van der Waals surface area (Å²) in [6, 6.07) is 6.29. The molecule has 0 unspecified atom stereocenters. The quantitative estimate of drug-likeness (QED) is 0.882. The van der Waals surface area contributed by atoms with Crippen LogP contribution < -0.4 is 5.32 Å². The number of carbonyl (C=O) groups excluding carboxylic acids is 1. The van der Waals surface area contributed by atoms with Gasteiger partial charge in [0.25, 0.3) is 5.91 Å². The van der Waals surface area contributed by atoms with E-state index in [1.54, 1.807) is 0 Å². The molecule has 0 aliphatic carbocycles. The second-order valence-electron chi connectivity index (χ2n) is 6.34. The van der Waals surface area contributed by atoms with E-state index in [0.29, 0.717) is 11.6 Å². The number of benzene rings is 1. The third-order valence-electron chi connectivity index (χ3n) is 4.91. The van der Waals surface area contributed by atoms with E-state index in [9.17, 15) is 4.79 Å². The van der Waals surface area contributed by atoms with Gasteiger partial charge in [-0.1, -0.05) is 11.6 Å². The van der Waals surface area contributed by atoms with Gasteiger partial charge in [0.05, 0.1) is 5.52 Å². The third kappa shape index (κ3) is 2.21. The number of piperidine rings is 3. The first-order valence-corrected chi connectivity index (χ1v) is 7.68. The summed E-state index contributed by atoms with van der Waals surface area (Å²) >= 11 is 0. The molecule has 5 heteroatoms. The molecule has 110 valence electrons. The fourth-order valence-electron chi connectivity index (χ4n) is 3.67. The number of aryl methyl sites for hydroxylation is 1. The lowest BCUT2D eigenvalue weighted by atomic mass is 9.84. The lowest BCUT2D eigenvalue weighted by Gasteiger charge is -2.44. The molecule has 3 aliphatic rings. The Balaban J connectivity index is 1.57. The van der Waals surface area contributed by atoms with Gasteiger partial charge in [0, 0.05) is 18.0 Å². The number of fused-ring (bicyclic) bond motifs is 4. The standard InChI is InChI=1S/C16H20N4O/c1-10-2-3-13-12(8-10)15(19-18-13)16(21)17-14-9-20-6-4-11(14)5-7-20/h2-3,8,11,14H,4-7,9H2,1H3,(H,17,21)(H,18,19)/t14-/m1/s1.